The molecular formula is C17H18N4O. The average Bonchev–Trinajstić information content (AvgIpc) is 3.24. The van der Waals surface area contributed by atoms with E-state index in [4.69, 9.17) is 0 Å². The largest absolute Gasteiger partial charge is 0.337 e. The molecule has 112 valence electrons. The zero-order chi connectivity index (χ0) is 14.9. The van der Waals surface area contributed by atoms with Gasteiger partial charge in [-0.3, -0.25) is 4.79 Å². The predicted octanol–water partition coefficient (Wildman–Crippen LogP) is 2.41. The number of likely N-dealkylation sites (tertiary alicyclic amines) is 1. The number of rotatable bonds is 2. The first kappa shape index (κ1) is 13.2. The van der Waals surface area contributed by atoms with Gasteiger partial charge in [0, 0.05) is 25.3 Å². The Balaban J connectivity index is 1.56. The molecule has 1 aromatic carbocycles. The Morgan fingerprint density at radius 3 is 2.59 bits per heavy atom. The van der Waals surface area contributed by atoms with E-state index in [2.05, 4.69) is 33.1 Å². The van der Waals surface area contributed by atoms with Crippen molar-refractivity contribution in [2.45, 2.75) is 19.3 Å². The van der Waals surface area contributed by atoms with E-state index in [0.29, 0.717) is 5.69 Å². The molecule has 1 fully saturated rings. The molecule has 2 aliphatic heterocycles. The van der Waals surface area contributed by atoms with Crippen LogP contribution in [0.5, 0.6) is 0 Å². The highest BCUT2D eigenvalue weighted by atomic mass is 16.2. The maximum absolute atomic E-state index is 12.3. The number of benzene rings is 1. The molecule has 4 rings (SSSR count). The number of anilines is 2. The van der Waals surface area contributed by atoms with Gasteiger partial charge >= 0.3 is 0 Å². The summed E-state index contributed by atoms with van der Waals surface area (Å²) in [4.78, 5) is 25.1. The van der Waals surface area contributed by atoms with Gasteiger partial charge in [0.25, 0.3) is 5.91 Å². The van der Waals surface area contributed by atoms with Crippen LogP contribution in [0.2, 0.25) is 0 Å². The SMILES string of the molecule is O=C(c1cnc(N2CCc3ccccc32)cn1)N1CCCC1. The first-order valence-corrected chi connectivity index (χ1v) is 7.80. The molecule has 0 bridgehead atoms. The Kier molecular flexibility index (Phi) is 3.25. The molecule has 0 atom stereocenters. The molecule has 1 aromatic heterocycles. The summed E-state index contributed by atoms with van der Waals surface area (Å²) in [7, 11) is 0. The van der Waals surface area contributed by atoms with Crippen molar-refractivity contribution in [2.75, 3.05) is 24.5 Å². The number of amides is 1. The minimum Gasteiger partial charge on any atom is -0.337 e. The summed E-state index contributed by atoms with van der Waals surface area (Å²) in [6.45, 7) is 2.58. The van der Waals surface area contributed by atoms with Crippen LogP contribution in [0.15, 0.2) is 36.7 Å². The standard InChI is InChI=1S/C17H18N4O/c22-17(20-8-3-4-9-20)14-11-19-16(12-18-14)21-10-7-13-5-1-2-6-15(13)21/h1-2,5-6,11-12H,3-4,7-10H2. The van der Waals surface area contributed by atoms with Crippen molar-refractivity contribution in [1.29, 1.82) is 0 Å². The first-order chi connectivity index (χ1) is 10.8. The Hall–Kier alpha value is -2.43. The van der Waals surface area contributed by atoms with E-state index < -0.39 is 0 Å². The number of hydrogen-bond acceptors (Lipinski definition) is 4. The fourth-order valence-electron chi connectivity index (χ4n) is 3.23. The minimum absolute atomic E-state index is 0.00151. The maximum Gasteiger partial charge on any atom is 0.274 e. The van der Waals surface area contributed by atoms with Gasteiger partial charge in [-0.1, -0.05) is 18.2 Å². The summed E-state index contributed by atoms with van der Waals surface area (Å²) >= 11 is 0. The van der Waals surface area contributed by atoms with Gasteiger partial charge in [-0.05, 0) is 30.9 Å². The van der Waals surface area contributed by atoms with Crippen molar-refractivity contribution >= 4 is 17.4 Å². The molecule has 0 saturated carbocycles. The van der Waals surface area contributed by atoms with Crippen LogP contribution in [0, 0.1) is 0 Å². The van der Waals surface area contributed by atoms with Crippen LogP contribution in [0.25, 0.3) is 0 Å². The molecule has 2 aromatic rings. The number of para-hydroxylation sites is 1. The highest BCUT2D eigenvalue weighted by Crippen LogP contribution is 2.32. The van der Waals surface area contributed by atoms with Gasteiger partial charge in [0.2, 0.25) is 0 Å². The molecule has 1 amide bonds. The molecule has 1 saturated heterocycles. The summed E-state index contributed by atoms with van der Waals surface area (Å²) in [6.07, 6.45) is 6.51. The van der Waals surface area contributed by atoms with Crippen molar-refractivity contribution in [1.82, 2.24) is 14.9 Å². The minimum atomic E-state index is -0.00151. The summed E-state index contributed by atoms with van der Waals surface area (Å²) in [5.41, 5.74) is 2.97. The molecule has 3 heterocycles. The summed E-state index contributed by atoms with van der Waals surface area (Å²) in [5.74, 6) is 0.807. The number of hydrogen-bond donors (Lipinski definition) is 0. The Labute approximate surface area is 129 Å². The molecule has 5 heteroatoms. The third kappa shape index (κ3) is 2.22. The molecule has 0 N–H and O–H groups in total. The van der Waals surface area contributed by atoms with Crippen LogP contribution in [-0.2, 0) is 6.42 Å². The second-order valence-electron chi connectivity index (χ2n) is 5.79. The fraction of sp³-hybridized carbons (Fsp3) is 0.353. The zero-order valence-electron chi connectivity index (χ0n) is 12.4. The molecule has 0 unspecified atom stereocenters. The van der Waals surface area contributed by atoms with Crippen LogP contribution in [0.1, 0.15) is 28.9 Å². The first-order valence-electron chi connectivity index (χ1n) is 7.80. The van der Waals surface area contributed by atoms with Crippen LogP contribution >= 0.6 is 0 Å². The van der Waals surface area contributed by atoms with E-state index in [1.54, 1.807) is 12.4 Å². The van der Waals surface area contributed by atoms with Gasteiger partial charge in [0.1, 0.15) is 5.69 Å². The third-order valence-electron chi connectivity index (χ3n) is 4.41. The highest BCUT2D eigenvalue weighted by Gasteiger charge is 2.23. The van der Waals surface area contributed by atoms with Crippen molar-refractivity contribution in [3.63, 3.8) is 0 Å². The highest BCUT2D eigenvalue weighted by molar-refractivity contribution is 5.92. The Morgan fingerprint density at radius 2 is 1.82 bits per heavy atom. The Bertz CT molecular complexity index is 692. The van der Waals surface area contributed by atoms with Crippen LogP contribution in [0.4, 0.5) is 11.5 Å². The number of nitrogens with zero attached hydrogens (tertiary/aromatic N) is 4. The van der Waals surface area contributed by atoms with Gasteiger partial charge in [-0.15, -0.1) is 0 Å². The normalized spacial score (nSPS) is 16.9. The maximum atomic E-state index is 12.3. The van der Waals surface area contributed by atoms with Gasteiger partial charge in [-0.2, -0.15) is 0 Å². The molecule has 0 radical (unpaired) electrons. The van der Waals surface area contributed by atoms with Crippen LogP contribution in [0.3, 0.4) is 0 Å². The third-order valence-corrected chi connectivity index (χ3v) is 4.41. The van der Waals surface area contributed by atoms with E-state index in [1.165, 1.54) is 11.3 Å². The number of carbonyl (C=O) groups is 1. The van der Waals surface area contributed by atoms with Crippen LogP contribution < -0.4 is 4.90 Å². The van der Waals surface area contributed by atoms with E-state index >= 15 is 0 Å². The lowest BCUT2D eigenvalue weighted by atomic mass is 10.2. The molecule has 0 spiro atoms. The van der Waals surface area contributed by atoms with Gasteiger partial charge in [-0.25, -0.2) is 9.97 Å². The van der Waals surface area contributed by atoms with Crippen molar-refractivity contribution < 1.29 is 4.79 Å². The lowest BCUT2D eigenvalue weighted by Crippen LogP contribution is -2.28. The molecule has 2 aliphatic rings. The molecule has 5 nitrogen and oxygen atoms in total. The topological polar surface area (TPSA) is 49.3 Å². The summed E-state index contributed by atoms with van der Waals surface area (Å²) < 4.78 is 0. The quantitative estimate of drug-likeness (QED) is 0.853. The molecule has 0 aliphatic carbocycles. The van der Waals surface area contributed by atoms with Crippen LogP contribution in [-0.4, -0.2) is 40.4 Å². The number of aromatic nitrogens is 2. The van der Waals surface area contributed by atoms with E-state index in [9.17, 15) is 4.79 Å². The second-order valence-corrected chi connectivity index (χ2v) is 5.79. The van der Waals surface area contributed by atoms with E-state index in [0.717, 1.165) is 44.7 Å². The van der Waals surface area contributed by atoms with Crippen molar-refractivity contribution in [3.05, 3.63) is 47.9 Å². The van der Waals surface area contributed by atoms with Gasteiger partial charge in [0.05, 0.1) is 12.4 Å². The van der Waals surface area contributed by atoms with E-state index in [-0.39, 0.29) is 5.91 Å². The summed E-state index contributed by atoms with van der Waals surface area (Å²) in [6, 6.07) is 8.35. The van der Waals surface area contributed by atoms with E-state index in [1.807, 2.05) is 11.0 Å². The van der Waals surface area contributed by atoms with Gasteiger partial charge in [0.15, 0.2) is 5.82 Å². The number of carbonyl (C=O) groups excluding carboxylic acids is 1. The lowest BCUT2D eigenvalue weighted by molar-refractivity contribution is 0.0786. The zero-order valence-corrected chi connectivity index (χ0v) is 12.4. The fourth-order valence-corrected chi connectivity index (χ4v) is 3.23. The summed E-state index contributed by atoms with van der Waals surface area (Å²) in [5, 5.41) is 0. The second kappa shape index (κ2) is 5.40. The predicted molar refractivity (Wildman–Crippen MR) is 84.3 cm³/mol. The van der Waals surface area contributed by atoms with Crippen molar-refractivity contribution in [3.8, 4) is 0 Å². The lowest BCUT2D eigenvalue weighted by Gasteiger charge is -2.18. The molecular weight excluding hydrogens is 276 g/mol. The molecule has 22 heavy (non-hydrogen) atoms. The monoisotopic (exact) mass is 294 g/mol. The van der Waals surface area contributed by atoms with Crippen molar-refractivity contribution in [2.24, 2.45) is 0 Å². The Morgan fingerprint density at radius 1 is 1.00 bits per heavy atom. The average molecular weight is 294 g/mol. The number of fused-ring (bicyclic) bond motifs is 1. The smallest absolute Gasteiger partial charge is 0.274 e. The van der Waals surface area contributed by atoms with Gasteiger partial charge < -0.3 is 9.80 Å².